The van der Waals surface area contributed by atoms with Crippen LogP contribution in [0.1, 0.15) is 29.9 Å². The largest absolute Gasteiger partial charge is 0.354 e. The van der Waals surface area contributed by atoms with Gasteiger partial charge in [-0.15, -0.1) is 0 Å². The second-order valence-corrected chi connectivity index (χ2v) is 7.01. The van der Waals surface area contributed by atoms with Crippen LogP contribution in [0, 0.1) is 17.2 Å². The first-order valence-corrected chi connectivity index (χ1v) is 9.21. The van der Waals surface area contributed by atoms with Crippen molar-refractivity contribution in [3.8, 4) is 6.07 Å². The Bertz CT molecular complexity index is 829. The molecule has 1 aliphatic carbocycles. The lowest BCUT2D eigenvalue weighted by Gasteiger charge is -2.23. The van der Waals surface area contributed by atoms with Crippen molar-refractivity contribution in [1.82, 2.24) is 9.88 Å². The fraction of sp³-hybridized carbons (Fsp3) is 0.381. The summed E-state index contributed by atoms with van der Waals surface area (Å²) in [5.74, 6) is 1.53. The van der Waals surface area contributed by atoms with Crippen LogP contribution in [0.2, 0.25) is 0 Å². The summed E-state index contributed by atoms with van der Waals surface area (Å²) >= 11 is 0. The van der Waals surface area contributed by atoms with E-state index in [1.54, 1.807) is 18.3 Å². The van der Waals surface area contributed by atoms with Crippen molar-refractivity contribution >= 4 is 11.7 Å². The van der Waals surface area contributed by atoms with Gasteiger partial charge in [0.15, 0.2) is 0 Å². The van der Waals surface area contributed by atoms with Gasteiger partial charge in [0, 0.05) is 38.3 Å². The van der Waals surface area contributed by atoms with Crippen LogP contribution >= 0.6 is 0 Å². The van der Waals surface area contributed by atoms with E-state index in [1.807, 2.05) is 23.1 Å². The highest BCUT2D eigenvalue weighted by molar-refractivity contribution is 5.83. The lowest BCUT2D eigenvalue weighted by Crippen LogP contribution is -2.36. The molecule has 0 N–H and O–H groups in total. The summed E-state index contributed by atoms with van der Waals surface area (Å²) in [5.41, 5.74) is 1.87. The van der Waals surface area contributed by atoms with Crippen molar-refractivity contribution in [3.63, 3.8) is 0 Å². The summed E-state index contributed by atoms with van der Waals surface area (Å²) in [4.78, 5) is 21.4. The number of aromatic nitrogens is 1. The second kappa shape index (κ2) is 7.17. The predicted octanol–water partition coefficient (Wildman–Crippen LogP) is 2.80. The Morgan fingerprint density at radius 3 is 2.73 bits per heavy atom. The van der Waals surface area contributed by atoms with Gasteiger partial charge in [-0.1, -0.05) is 30.3 Å². The maximum absolute atomic E-state index is 12.9. The molecular formula is C21H22N4O. The first-order valence-electron chi connectivity index (χ1n) is 9.21. The van der Waals surface area contributed by atoms with E-state index in [2.05, 4.69) is 28.1 Å². The van der Waals surface area contributed by atoms with Gasteiger partial charge in [0.1, 0.15) is 11.9 Å². The zero-order valence-corrected chi connectivity index (χ0v) is 14.7. The van der Waals surface area contributed by atoms with Crippen LogP contribution in [0.15, 0.2) is 48.7 Å². The van der Waals surface area contributed by atoms with E-state index in [0.29, 0.717) is 18.0 Å². The van der Waals surface area contributed by atoms with Crippen LogP contribution in [0.5, 0.6) is 0 Å². The Hall–Kier alpha value is -2.87. The molecule has 1 aliphatic heterocycles. The normalized spacial score (nSPS) is 22.4. The summed E-state index contributed by atoms with van der Waals surface area (Å²) in [6.07, 6.45) is 3.58. The number of amides is 1. The molecule has 2 aliphatic rings. The number of rotatable bonds is 3. The number of hydrogen-bond donors (Lipinski definition) is 0. The summed E-state index contributed by atoms with van der Waals surface area (Å²) in [5, 5.41) is 9.30. The quantitative estimate of drug-likeness (QED) is 0.857. The van der Waals surface area contributed by atoms with Gasteiger partial charge in [-0.3, -0.25) is 4.79 Å². The van der Waals surface area contributed by atoms with Gasteiger partial charge in [-0.05, 0) is 36.5 Å². The Labute approximate surface area is 153 Å². The number of nitriles is 1. The van der Waals surface area contributed by atoms with Gasteiger partial charge in [-0.25, -0.2) is 4.98 Å². The molecule has 4 rings (SSSR count). The van der Waals surface area contributed by atoms with E-state index in [1.165, 1.54) is 5.56 Å². The van der Waals surface area contributed by atoms with E-state index in [9.17, 15) is 10.1 Å². The number of carbonyl (C=O) groups is 1. The molecule has 1 saturated carbocycles. The Balaban J connectivity index is 1.40. The maximum atomic E-state index is 12.9. The number of benzene rings is 1. The summed E-state index contributed by atoms with van der Waals surface area (Å²) in [6.45, 7) is 3.02. The van der Waals surface area contributed by atoms with Gasteiger partial charge in [0.25, 0.3) is 0 Å². The van der Waals surface area contributed by atoms with Crippen molar-refractivity contribution in [2.75, 3.05) is 31.1 Å². The molecule has 1 aromatic carbocycles. The predicted molar refractivity (Wildman–Crippen MR) is 99.7 cm³/mol. The van der Waals surface area contributed by atoms with Crippen molar-refractivity contribution in [2.24, 2.45) is 5.92 Å². The van der Waals surface area contributed by atoms with Crippen LogP contribution < -0.4 is 4.90 Å². The third-order valence-corrected chi connectivity index (χ3v) is 5.35. The molecule has 0 unspecified atom stereocenters. The number of carbonyl (C=O) groups excluding carboxylic acids is 1. The lowest BCUT2D eigenvalue weighted by molar-refractivity contribution is -0.132. The first kappa shape index (κ1) is 16.6. The molecule has 1 amide bonds. The third-order valence-electron chi connectivity index (χ3n) is 5.35. The highest BCUT2D eigenvalue weighted by Gasteiger charge is 2.45. The number of hydrogen-bond acceptors (Lipinski definition) is 4. The van der Waals surface area contributed by atoms with E-state index < -0.39 is 0 Å². The van der Waals surface area contributed by atoms with E-state index in [0.717, 1.165) is 38.3 Å². The molecule has 0 radical (unpaired) electrons. The van der Waals surface area contributed by atoms with Gasteiger partial charge in [0.2, 0.25) is 5.91 Å². The minimum atomic E-state index is 0.133. The molecule has 2 heterocycles. The van der Waals surface area contributed by atoms with Gasteiger partial charge in [-0.2, -0.15) is 5.26 Å². The highest BCUT2D eigenvalue weighted by atomic mass is 16.2. The molecule has 26 heavy (non-hydrogen) atoms. The molecule has 2 atom stereocenters. The molecule has 1 saturated heterocycles. The third kappa shape index (κ3) is 3.28. The molecule has 5 heteroatoms. The minimum absolute atomic E-state index is 0.133. The molecule has 2 fully saturated rings. The smallest absolute Gasteiger partial charge is 0.226 e. The minimum Gasteiger partial charge on any atom is -0.354 e. The number of anilines is 1. The van der Waals surface area contributed by atoms with Crippen LogP contribution in [-0.4, -0.2) is 42.0 Å². The SMILES string of the molecule is N#Cc1cccnc1N1CCCN(C(=O)[C@@H]2C[C@H]2c2ccccc2)CC1. The topological polar surface area (TPSA) is 60.2 Å². The molecule has 1 aromatic heterocycles. The van der Waals surface area contributed by atoms with Gasteiger partial charge >= 0.3 is 0 Å². The standard InChI is InChI=1S/C21H22N4O/c22-15-17-8-4-9-23-20(17)24-10-5-11-25(13-12-24)21(26)19-14-18(19)16-6-2-1-3-7-16/h1-4,6-9,18-19H,5,10-14H2/t18-,19+/m0/s1. The average Bonchev–Trinajstić information content (AvgIpc) is 3.52. The zero-order valence-electron chi connectivity index (χ0n) is 14.7. The summed E-state index contributed by atoms with van der Waals surface area (Å²) in [6, 6.07) is 16.1. The monoisotopic (exact) mass is 346 g/mol. The molecule has 0 spiro atoms. The van der Waals surface area contributed by atoms with Crippen molar-refractivity contribution in [1.29, 1.82) is 5.26 Å². The van der Waals surface area contributed by atoms with Gasteiger partial charge < -0.3 is 9.80 Å². The average molecular weight is 346 g/mol. The fourth-order valence-corrected chi connectivity index (χ4v) is 3.86. The second-order valence-electron chi connectivity index (χ2n) is 7.01. The van der Waals surface area contributed by atoms with Crippen molar-refractivity contribution in [3.05, 3.63) is 59.8 Å². The highest BCUT2D eigenvalue weighted by Crippen LogP contribution is 2.48. The molecule has 0 bridgehead atoms. The number of pyridine rings is 1. The van der Waals surface area contributed by atoms with Crippen LogP contribution in [-0.2, 0) is 4.79 Å². The summed E-state index contributed by atoms with van der Waals surface area (Å²) in [7, 11) is 0. The number of nitrogens with zero attached hydrogens (tertiary/aromatic N) is 4. The zero-order chi connectivity index (χ0) is 17.9. The van der Waals surface area contributed by atoms with E-state index >= 15 is 0 Å². The Morgan fingerprint density at radius 1 is 1.08 bits per heavy atom. The van der Waals surface area contributed by atoms with Crippen molar-refractivity contribution < 1.29 is 4.79 Å². The first-order chi connectivity index (χ1) is 12.8. The molecule has 2 aromatic rings. The Morgan fingerprint density at radius 2 is 1.92 bits per heavy atom. The van der Waals surface area contributed by atoms with Crippen LogP contribution in [0.25, 0.3) is 0 Å². The molecule has 132 valence electrons. The maximum Gasteiger partial charge on any atom is 0.226 e. The lowest BCUT2D eigenvalue weighted by atomic mass is 10.1. The molecular weight excluding hydrogens is 324 g/mol. The van der Waals surface area contributed by atoms with Crippen LogP contribution in [0.4, 0.5) is 5.82 Å². The van der Waals surface area contributed by atoms with E-state index in [4.69, 9.17) is 0 Å². The van der Waals surface area contributed by atoms with Crippen LogP contribution in [0.3, 0.4) is 0 Å². The fourth-order valence-electron chi connectivity index (χ4n) is 3.86. The van der Waals surface area contributed by atoms with E-state index in [-0.39, 0.29) is 11.8 Å². The molecule has 5 nitrogen and oxygen atoms in total. The summed E-state index contributed by atoms with van der Waals surface area (Å²) < 4.78 is 0. The van der Waals surface area contributed by atoms with Gasteiger partial charge in [0.05, 0.1) is 5.56 Å². The van der Waals surface area contributed by atoms with Crippen molar-refractivity contribution in [2.45, 2.75) is 18.8 Å². The Kier molecular flexibility index (Phi) is 4.57.